The molecule has 0 saturated carbocycles. The van der Waals surface area contributed by atoms with Crippen LogP contribution in [0.15, 0.2) is 152 Å². The van der Waals surface area contributed by atoms with E-state index in [0.29, 0.717) is 0 Å². The Hall–Kier alpha value is -2.39. The van der Waals surface area contributed by atoms with Crippen molar-refractivity contribution in [3.05, 3.63) is 158 Å². The zero-order valence-corrected chi connectivity index (χ0v) is 24.7. The molecule has 2 N–H and O–H groups in total. The summed E-state index contributed by atoms with van der Waals surface area (Å²) < 4.78 is 0. The van der Waals surface area contributed by atoms with Crippen molar-refractivity contribution in [2.75, 3.05) is 13.3 Å². The van der Waals surface area contributed by atoms with Crippen molar-refractivity contribution in [1.29, 1.82) is 0 Å². The summed E-state index contributed by atoms with van der Waals surface area (Å²) in [5.41, 5.74) is 0. The Morgan fingerprint density at radius 3 is 0.778 bits per heavy atom. The van der Waals surface area contributed by atoms with Crippen LogP contribution in [-0.4, -0.2) is 18.8 Å². The molecule has 0 amide bonds. The molecular formula is C32H33OP2Pt-. The Labute approximate surface area is 233 Å². The van der Waals surface area contributed by atoms with Crippen LogP contribution < -0.4 is 21.2 Å². The molecule has 0 fully saturated rings. The molecule has 0 aliphatic heterocycles. The third kappa shape index (κ3) is 11.1. The molecule has 0 unspecified atom stereocenters. The molecule has 5 aromatic rings. The third-order valence-corrected chi connectivity index (χ3v) is 9.47. The molecule has 0 atom stereocenters. The topological polar surface area (TPSA) is 31.5 Å². The van der Waals surface area contributed by atoms with Crippen LogP contribution in [-0.2, 0) is 21.1 Å². The molecule has 4 heteroatoms. The van der Waals surface area contributed by atoms with Crippen LogP contribution in [0.1, 0.15) is 0 Å². The minimum atomic E-state index is -0.171. The van der Waals surface area contributed by atoms with E-state index in [1.54, 1.807) is 0 Å². The van der Waals surface area contributed by atoms with Gasteiger partial charge in [-0.05, 0) is 50.4 Å². The second-order valence-electron chi connectivity index (χ2n) is 7.54. The van der Waals surface area contributed by atoms with Gasteiger partial charge in [0.15, 0.2) is 0 Å². The maximum Gasteiger partial charge on any atom is 0 e. The quantitative estimate of drug-likeness (QED) is 0.160. The molecule has 5 rings (SSSR count). The minimum Gasteiger partial charge on any atom is -0.412 e. The van der Waals surface area contributed by atoms with Crippen molar-refractivity contribution in [2.45, 2.75) is 0 Å². The number of benzene rings is 5. The van der Waals surface area contributed by atoms with E-state index in [1.807, 2.05) is 30.3 Å². The van der Waals surface area contributed by atoms with Crippen LogP contribution in [0.25, 0.3) is 0 Å². The van der Waals surface area contributed by atoms with Crippen LogP contribution in [0, 0.1) is 6.07 Å². The molecule has 5 aromatic carbocycles. The minimum absolute atomic E-state index is 0. The molecule has 0 aliphatic carbocycles. The second-order valence-corrected chi connectivity index (χ2v) is 11.8. The molecule has 0 aromatic heterocycles. The van der Waals surface area contributed by atoms with Crippen LogP contribution in [0.2, 0.25) is 0 Å². The van der Waals surface area contributed by atoms with E-state index in [2.05, 4.69) is 141 Å². The van der Waals surface area contributed by atoms with Crippen LogP contribution in [0.5, 0.6) is 0 Å². The summed E-state index contributed by atoms with van der Waals surface area (Å²) in [6, 6.07) is 55.3. The maximum absolute atomic E-state index is 2.89. The Morgan fingerprint density at radius 1 is 0.389 bits per heavy atom. The molecule has 0 heterocycles. The van der Waals surface area contributed by atoms with Gasteiger partial charge in [0.05, 0.1) is 0 Å². The second kappa shape index (κ2) is 18.8. The van der Waals surface area contributed by atoms with Gasteiger partial charge in [-0.2, -0.15) is 36.4 Å². The van der Waals surface area contributed by atoms with E-state index in [1.165, 1.54) is 21.2 Å². The van der Waals surface area contributed by atoms with Gasteiger partial charge in [-0.3, -0.25) is 0 Å². The van der Waals surface area contributed by atoms with E-state index >= 15 is 0 Å². The van der Waals surface area contributed by atoms with E-state index in [0.717, 1.165) is 0 Å². The third-order valence-electron chi connectivity index (χ3n) is 5.18. The van der Waals surface area contributed by atoms with E-state index < -0.39 is 0 Å². The zero-order chi connectivity index (χ0) is 23.8. The zero-order valence-electron chi connectivity index (χ0n) is 20.6. The first kappa shape index (κ1) is 31.6. The predicted molar refractivity (Wildman–Crippen MR) is 159 cm³/mol. The average Bonchev–Trinajstić information content (AvgIpc) is 2.96. The molecule has 1 nitrogen and oxygen atoms in total. The Bertz CT molecular complexity index is 973. The van der Waals surface area contributed by atoms with Crippen molar-refractivity contribution in [2.24, 2.45) is 0 Å². The summed E-state index contributed by atoms with van der Waals surface area (Å²) in [4.78, 5) is 0. The van der Waals surface area contributed by atoms with Crippen LogP contribution in [0.3, 0.4) is 0 Å². The molecule has 36 heavy (non-hydrogen) atoms. The standard InChI is InChI=1S/2C13H13P.C6H5.H2O.Pt/c2*1-14(12-8-4-2-5-9-12)13-10-6-3-7-11-13;1-2-4-6-5-3-1;;/h2*2-11H,1H3;1-5H;1H2;/q;;-1;;. The first-order valence-electron chi connectivity index (χ1n) is 11.3. The molecule has 0 bridgehead atoms. The smallest absolute Gasteiger partial charge is 0 e. The van der Waals surface area contributed by atoms with Crippen LogP contribution in [0.4, 0.5) is 0 Å². The summed E-state index contributed by atoms with van der Waals surface area (Å²) in [5, 5.41) is 5.75. The summed E-state index contributed by atoms with van der Waals surface area (Å²) >= 11 is 0. The molecule has 0 spiro atoms. The molecule has 0 radical (unpaired) electrons. The van der Waals surface area contributed by atoms with E-state index in [9.17, 15) is 0 Å². The van der Waals surface area contributed by atoms with Gasteiger partial charge in [-0.1, -0.05) is 121 Å². The van der Waals surface area contributed by atoms with Crippen LogP contribution >= 0.6 is 15.8 Å². The number of hydrogen-bond donors (Lipinski definition) is 0. The maximum atomic E-state index is 2.89. The van der Waals surface area contributed by atoms with Gasteiger partial charge >= 0.3 is 0 Å². The first-order chi connectivity index (χ1) is 16.8. The summed E-state index contributed by atoms with van der Waals surface area (Å²) in [6.45, 7) is 4.61. The average molecular weight is 691 g/mol. The fourth-order valence-electron chi connectivity index (χ4n) is 3.25. The van der Waals surface area contributed by atoms with Crippen molar-refractivity contribution in [1.82, 2.24) is 0 Å². The summed E-state index contributed by atoms with van der Waals surface area (Å²) in [5.74, 6) is 0. The number of hydrogen-bond acceptors (Lipinski definition) is 0. The summed E-state index contributed by atoms with van der Waals surface area (Å²) in [7, 11) is -0.342. The van der Waals surface area contributed by atoms with Crippen molar-refractivity contribution in [3.63, 3.8) is 0 Å². The van der Waals surface area contributed by atoms with Gasteiger partial charge in [-0.25, -0.2) is 0 Å². The van der Waals surface area contributed by atoms with Crippen molar-refractivity contribution in [3.8, 4) is 0 Å². The fourth-order valence-corrected chi connectivity index (χ4v) is 6.32. The Balaban J connectivity index is 0.000000281. The van der Waals surface area contributed by atoms with E-state index in [4.69, 9.17) is 0 Å². The molecule has 188 valence electrons. The van der Waals surface area contributed by atoms with Crippen molar-refractivity contribution < 1.29 is 26.5 Å². The van der Waals surface area contributed by atoms with Gasteiger partial charge in [0.1, 0.15) is 0 Å². The van der Waals surface area contributed by atoms with Gasteiger partial charge in [-0.15, -0.1) is 0 Å². The summed E-state index contributed by atoms with van der Waals surface area (Å²) in [6.07, 6.45) is 0. The Kier molecular flexibility index (Phi) is 16.5. The monoisotopic (exact) mass is 690 g/mol. The van der Waals surface area contributed by atoms with Gasteiger partial charge < -0.3 is 5.48 Å². The molecule has 0 aliphatic rings. The van der Waals surface area contributed by atoms with Gasteiger partial charge in [0.25, 0.3) is 0 Å². The molecular weight excluding hydrogens is 657 g/mol. The largest absolute Gasteiger partial charge is 0.412 e. The number of rotatable bonds is 4. The predicted octanol–water partition coefficient (Wildman–Crippen LogP) is 6.16. The van der Waals surface area contributed by atoms with Gasteiger partial charge in [0, 0.05) is 21.1 Å². The normalized spacial score (nSPS) is 9.44. The first-order valence-corrected chi connectivity index (χ1v) is 14.9. The molecule has 0 saturated heterocycles. The Morgan fingerprint density at radius 2 is 0.611 bits per heavy atom. The fraction of sp³-hybridized carbons (Fsp3) is 0.0625. The SMILES string of the molecule is CP(c1ccccc1)c1ccccc1.CP(c1ccccc1)c1ccccc1.O.[Pt].[c-]1ccccc1. The van der Waals surface area contributed by atoms with E-state index in [-0.39, 0.29) is 42.4 Å². The van der Waals surface area contributed by atoms with Gasteiger partial charge in [0.2, 0.25) is 0 Å². The van der Waals surface area contributed by atoms with Crippen molar-refractivity contribution >= 4 is 37.1 Å².